The normalized spacial score (nSPS) is 11.6. The second-order valence-corrected chi connectivity index (χ2v) is 7.15. The lowest BCUT2D eigenvalue weighted by Gasteiger charge is -2.04. The van der Waals surface area contributed by atoms with Gasteiger partial charge in [0.1, 0.15) is 5.82 Å². The van der Waals surface area contributed by atoms with E-state index >= 15 is 0 Å². The van der Waals surface area contributed by atoms with E-state index in [2.05, 4.69) is 10.2 Å². The molecule has 0 aliphatic heterocycles. The maximum Gasteiger partial charge on any atom is 0.272 e. The van der Waals surface area contributed by atoms with Crippen LogP contribution in [-0.4, -0.2) is 24.9 Å². The van der Waals surface area contributed by atoms with E-state index in [0.29, 0.717) is 22.4 Å². The quantitative estimate of drug-likeness (QED) is 0.773. The minimum absolute atomic E-state index is 0.177. The number of aromatic amines is 2. The molecule has 2 N–H and O–H groups in total. The number of aromatic nitrogens is 2. The fourth-order valence-electron chi connectivity index (χ4n) is 2.34. The molecule has 0 unspecified atom stereocenters. The zero-order chi connectivity index (χ0) is 16.6. The van der Waals surface area contributed by atoms with Crippen molar-refractivity contribution in [2.45, 2.75) is 4.90 Å². The van der Waals surface area contributed by atoms with Gasteiger partial charge in [-0.15, -0.1) is 0 Å². The van der Waals surface area contributed by atoms with Gasteiger partial charge in [0.25, 0.3) is 5.56 Å². The Morgan fingerprint density at radius 2 is 1.43 bits per heavy atom. The van der Waals surface area contributed by atoms with Crippen molar-refractivity contribution in [3.05, 3.63) is 64.7 Å². The van der Waals surface area contributed by atoms with Gasteiger partial charge in [0.2, 0.25) is 0 Å². The molecule has 2 aromatic carbocycles. The Morgan fingerprint density at radius 3 is 2.00 bits per heavy atom. The van der Waals surface area contributed by atoms with Gasteiger partial charge in [0, 0.05) is 11.8 Å². The lowest BCUT2D eigenvalue weighted by atomic mass is 10.0. The average molecular weight is 332 g/mol. The SMILES string of the molecule is CS(=O)(=O)c1ccc(-c2c(-c3ccc(F)cc3)[nH][nH]c2=O)cc1. The molecule has 0 saturated carbocycles. The summed E-state index contributed by atoms with van der Waals surface area (Å²) in [5.74, 6) is -0.370. The van der Waals surface area contributed by atoms with Gasteiger partial charge in [-0.1, -0.05) is 12.1 Å². The van der Waals surface area contributed by atoms with Crippen molar-refractivity contribution in [1.82, 2.24) is 10.2 Å². The van der Waals surface area contributed by atoms with Crippen molar-refractivity contribution in [3.63, 3.8) is 0 Å². The highest BCUT2D eigenvalue weighted by molar-refractivity contribution is 7.90. The maximum atomic E-state index is 13.1. The zero-order valence-corrected chi connectivity index (χ0v) is 12.9. The van der Waals surface area contributed by atoms with Crippen LogP contribution in [0.25, 0.3) is 22.4 Å². The summed E-state index contributed by atoms with van der Waals surface area (Å²) in [5.41, 5.74) is 1.77. The molecule has 0 atom stereocenters. The van der Waals surface area contributed by atoms with Crippen molar-refractivity contribution >= 4 is 9.84 Å². The summed E-state index contributed by atoms with van der Waals surface area (Å²) in [7, 11) is -3.30. The number of halogens is 1. The minimum atomic E-state index is -3.30. The minimum Gasteiger partial charge on any atom is -0.297 e. The molecule has 0 bridgehead atoms. The van der Waals surface area contributed by atoms with Gasteiger partial charge < -0.3 is 0 Å². The fraction of sp³-hybridized carbons (Fsp3) is 0.0625. The van der Waals surface area contributed by atoms with Crippen LogP contribution < -0.4 is 5.56 Å². The number of benzene rings is 2. The third-order valence-corrected chi connectivity index (χ3v) is 4.61. The summed E-state index contributed by atoms with van der Waals surface area (Å²) in [4.78, 5) is 12.3. The highest BCUT2D eigenvalue weighted by atomic mass is 32.2. The molecule has 0 saturated heterocycles. The molecule has 23 heavy (non-hydrogen) atoms. The molecule has 5 nitrogen and oxygen atoms in total. The van der Waals surface area contributed by atoms with E-state index < -0.39 is 9.84 Å². The highest BCUT2D eigenvalue weighted by Gasteiger charge is 2.15. The van der Waals surface area contributed by atoms with Crippen LogP contribution in [0.15, 0.2) is 58.2 Å². The standard InChI is InChI=1S/C16H13FN2O3S/c1-23(21,22)13-8-4-10(5-9-13)14-15(18-19-16(14)20)11-2-6-12(17)7-3-11/h2-9H,1H3,(H2,18,19,20). The Kier molecular flexibility index (Phi) is 3.65. The van der Waals surface area contributed by atoms with Crippen LogP contribution in [-0.2, 0) is 9.84 Å². The van der Waals surface area contributed by atoms with Gasteiger partial charge in [0.05, 0.1) is 16.2 Å². The molecular weight excluding hydrogens is 319 g/mol. The maximum absolute atomic E-state index is 13.1. The predicted molar refractivity (Wildman–Crippen MR) is 85.4 cm³/mol. The smallest absolute Gasteiger partial charge is 0.272 e. The number of sulfone groups is 1. The van der Waals surface area contributed by atoms with E-state index in [4.69, 9.17) is 0 Å². The molecule has 0 fully saturated rings. The molecule has 3 rings (SSSR count). The van der Waals surface area contributed by atoms with Gasteiger partial charge in [-0.3, -0.25) is 15.0 Å². The molecule has 0 aliphatic carbocycles. The molecule has 118 valence electrons. The lowest BCUT2D eigenvalue weighted by Crippen LogP contribution is -2.02. The number of hydrogen-bond donors (Lipinski definition) is 2. The Hall–Kier alpha value is -2.67. The van der Waals surface area contributed by atoms with Gasteiger partial charge >= 0.3 is 0 Å². The summed E-state index contributed by atoms with van der Waals surface area (Å²) in [5, 5.41) is 5.28. The monoisotopic (exact) mass is 332 g/mol. The Balaban J connectivity index is 2.12. The molecular formula is C16H13FN2O3S. The summed E-state index contributed by atoms with van der Waals surface area (Å²) in [6.45, 7) is 0. The van der Waals surface area contributed by atoms with E-state index in [0.717, 1.165) is 6.26 Å². The Labute approximate surface area is 131 Å². The first-order chi connectivity index (χ1) is 10.9. The van der Waals surface area contributed by atoms with Crippen LogP contribution in [0.4, 0.5) is 4.39 Å². The Bertz CT molecular complexity index is 1000. The van der Waals surface area contributed by atoms with Crippen molar-refractivity contribution in [1.29, 1.82) is 0 Å². The molecule has 0 radical (unpaired) electrons. The van der Waals surface area contributed by atoms with Gasteiger partial charge in [0.15, 0.2) is 9.84 Å². The van der Waals surface area contributed by atoms with Crippen LogP contribution in [0.3, 0.4) is 0 Å². The lowest BCUT2D eigenvalue weighted by molar-refractivity contribution is 0.602. The van der Waals surface area contributed by atoms with E-state index in [1.807, 2.05) is 0 Å². The van der Waals surface area contributed by atoms with E-state index in [1.165, 1.54) is 24.3 Å². The van der Waals surface area contributed by atoms with Crippen LogP contribution in [0.5, 0.6) is 0 Å². The molecule has 0 spiro atoms. The summed E-state index contributed by atoms with van der Waals surface area (Å²) in [6, 6.07) is 11.8. The van der Waals surface area contributed by atoms with Crippen LogP contribution >= 0.6 is 0 Å². The molecule has 0 aliphatic rings. The van der Waals surface area contributed by atoms with E-state index in [-0.39, 0.29) is 16.3 Å². The summed E-state index contributed by atoms with van der Waals surface area (Å²) in [6.07, 6.45) is 1.12. The Morgan fingerprint density at radius 1 is 0.870 bits per heavy atom. The third-order valence-electron chi connectivity index (χ3n) is 3.48. The van der Waals surface area contributed by atoms with Gasteiger partial charge in [-0.05, 0) is 42.0 Å². The molecule has 1 heterocycles. The van der Waals surface area contributed by atoms with Crippen LogP contribution in [0.2, 0.25) is 0 Å². The van der Waals surface area contributed by atoms with Crippen molar-refractivity contribution in [2.24, 2.45) is 0 Å². The second-order valence-electron chi connectivity index (χ2n) is 5.13. The topological polar surface area (TPSA) is 82.8 Å². The largest absolute Gasteiger partial charge is 0.297 e. The van der Waals surface area contributed by atoms with Crippen molar-refractivity contribution < 1.29 is 12.8 Å². The first-order valence-electron chi connectivity index (χ1n) is 6.73. The number of hydrogen-bond acceptors (Lipinski definition) is 3. The first kappa shape index (κ1) is 15.2. The van der Waals surface area contributed by atoms with Gasteiger partial charge in [-0.2, -0.15) is 0 Å². The molecule has 0 amide bonds. The average Bonchev–Trinajstić information content (AvgIpc) is 2.89. The predicted octanol–water partition coefficient (Wildman–Crippen LogP) is 2.58. The molecule has 3 aromatic rings. The van der Waals surface area contributed by atoms with E-state index in [9.17, 15) is 17.6 Å². The molecule has 7 heteroatoms. The third kappa shape index (κ3) is 2.95. The van der Waals surface area contributed by atoms with Crippen molar-refractivity contribution in [3.8, 4) is 22.4 Å². The summed E-state index contributed by atoms with van der Waals surface area (Å²) < 4.78 is 36.1. The van der Waals surface area contributed by atoms with Crippen molar-refractivity contribution in [2.75, 3.05) is 6.26 Å². The van der Waals surface area contributed by atoms with Crippen LogP contribution in [0, 0.1) is 5.82 Å². The zero-order valence-electron chi connectivity index (χ0n) is 12.1. The van der Waals surface area contributed by atoms with Crippen LogP contribution in [0.1, 0.15) is 0 Å². The number of rotatable bonds is 3. The molecule has 1 aromatic heterocycles. The van der Waals surface area contributed by atoms with Gasteiger partial charge in [-0.25, -0.2) is 12.8 Å². The number of nitrogens with one attached hydrogen (secondary N) is 2. The highest BCUT2D eigenvalue weighted by Crippen LogP contribution is 2.28. The summed E-state index contributed by atoms with van der Waals surface area (Å²) >= 11 is 0. The fourth-order valence-corrected chi connectivity index (χ4v) is 2.97. The van der Waals surface area contributed by atoms with E-state index in [1.54, 1.807) is 24.3 Å². The second kappa shape index (κ2) is 5.51. The number of H-pyrrole nitrogens is 2. The first-order valence-corrected chi connectivity index (χ1v) is 8.62.